The Balaban J connectivity index is 1.71. The van der Waals surface area contributed by atoms with Crippen LogP contribution in [0.2, 0.25) is 0 Å². The summed E-state index contributed by atoms with van der Waals surface area (Å²) in [4.78, 5) is 5.92. The van der Waals surface area contributed by atoms with Gasteiger partial charge >= 0.3 is 0 Å². The van der Waals surface area contributed by atoms with Gasteiger partial charge in [0.1, 0.15) is 0 Å². The molecule has 2 fully saturated rings. The first-order valence-electron chi connectivity index (χ1n) is 10.7. The van der Waals surface area contributed by atoms with Gasteiger partial charge in [-0.3, -0.25) is 4.99 Å². The molecule has 1 aromatic carbocycles. The van der Waals surface area contributed by atoms with Crippen molar-refractivity contribution in [3.63, 3.8) is 0 Å². The zero-order valence-electron chi connectivity index (χ0n) is 16.6. The summed E-state index contributed by atoms with van der Waals surface area (Å²) in [7, 11) is 0. The Hall–Kier alpha value is -2.28. The minimum atomic E-state index is -0.524. The van der Waals surface area contributed by atoms with Crippen molar-refractivity contribution in [1.29, 1.82) is 0 Å². The van der Waals surface area contributed by atoms with Crippen molar-refractivity contribution in [3.8, 4) is 17.2 Å². The van der Waals surface area contributed by atoms with Gasteiger partial charge in [-0.05, 0) is 37.8 Å². The van der Waals surface area contributed by atoms with E-state index in [9.17, 15) is 15.3 Å². The van der Waals surface area contributed by atoms with Gasteiger partial charge in [-0.25, -0.2) is 4.68 Å². The molecule has 2 saturated carbocycles. The molecule has 3 N–H and O–H groups in total. The molecule has 156 valence electrons. The molecule has 0 unspecified atom stereocenters. The molecular formula is C22H29N3O3S. The normalized spacial score (nSPS) is 19.9. The van der Waals surface area contributed by atoms with Crippen LogP contribution in [0.25, 0.3) is 0 Å². The number of hydrogen-bond acceptors (Lipinski definition) is 6. The molecule has 6 nitrogen and oxygen atoms in total. The van der Waals surface area contributed by atoms with Crippen LogP contribution in [0.15, 0.2) is 27.6 Å². The Morgan fingerprint density at radius 1 is 0.897 bits per heavy atom. The first-order chi connectivity index (χ1) is 14.1. The van der Waals surface area contributed by atoms with Crippen LogP contribution < -0.4 is 4.80 Å². The number of rotatable bonds is 4. The molecule has 2 aromatic rings. The van der Waals surface area contributed by atoms with Crippen molar-refractivity contribution in [2.24, 2.45) is 10.1 Å². The number of thiazole rings is 1. The summed E-state index contributed by atoms with van der Waals surface area (Å²) in [6, 6.07) is 3.25. The zero-order valence-corrected chi connectivity index (χ0v) is 17.4. The first kappa shape index (κ1) is 20.0. The Morgan fingerprint density at radius 3 is 2.31 bits per heavy atom. The van der Waals surface area contributed by atoms with Gasteiger partial charge in [0.15, 0.2) is 11.5 Å². The number of aromatic hydroxyl groups is 3. The average Bonchev–Trinajstić information content (AvgIpc) is 3.15. The highest BCUT2D eigenvalue weighted by Gasteiger charge is 2.21. The van der Waals surface area contributed by atoms with Crippen molar-refractivity contribution in [1.82, 2.24) is 4.68 Å². The Labute approximate surface area is 174 Å². The van der Waals surface area contributed by atoms with E-state index in [0.29, 0.717) is 17.5 Å². The van der Waals surface area contributed by atoms with Crippen molar-refractivity contribution in [2.45, 2.75) is 76.2 Å². The number of phenolic OH excluding ortho intramolecular Hbond substituents is 3. The van der Waals surface area contributed by atoms with Gasteiger partial charge in [0.25, 0.3) is 0 Å². The van der Waals surface area contributed by atoms with E-state index in [1.807, 2.05) is 4.68 Å². The summed E-state index contributed by atoms with van der Waals surface area (Å²) in [6.07, 6.45) is 13.7. The summed E-state index contributed by atoms with van der Waals surface area (Å²) in [5, 5.41) is 36.3. The predicted molar refractivity (Wildman–Crippen MR) is 115 cm³/mol. The van der Waals surface area contributed by atoms with E-state index in [0.717, 1.165) is 17.6 Å². The third-order valence-electron chi connectivity index (χ3n) is 6.08. The van der Waals surface area contributed by atoms with Crippen LogP contribution in [0.1, 0.15) is 81.4 Å². The average molecular weight is 416 g/mol. The molecule has 0 aliphatic heterocycles. The minimum absolute atomic E-state index is 0.348. The summed E-state index contributed by atoms with van der Waals surface area (Å²) in [5.41, 5.74) is 1.54. The van der Waals surface area contributed by atoms with Crippen molar-refractivity contribution >= 4 is 17.6 Å². The summed E-state index contributed by atoms with van der Waals surface area (Å²) in [5.74, 6) is -0.758. The molecule has 2 aliphatic rings. The zero-order chi connectivity index (χ0) is 20.2. The molecule has 2 aliphatic carbocycles. The molecule has 1 heterocycles. The maximum absolute atomic E-state index is 10.1. The summed E-state index contributed by atoms with van der Waals surface area (Å²) < 4.78 is 1.93. The Kier molecular flexibility index (Phi) is 6.23. The van der Waals surface area contributed by atoms with Crippen molar-refractivity contribution < 1.29 is 15.3 Å². The fourth-order valence-electron chi connectivity index (χ4n) is 4.37. The summed E-state index contributed by atoms with van der Waals surface area (Å²) >= 11 is 1.64. The van der Waals surface area contributed by atoms with Crippen LogP contribution in [-0.4, -0.2) is 32.3 Å². The van der Waals surface area contributed by atoms with E-state index in [1.54, 1.807) is 17.4 Å². The van der Waals surface area contributed by atoms with Gasteiger partial charge in [-0.2, -0.15) is 5.10 Å². The first-order valence-corrected chi connectivity index (χ1v) is 11.5. The van der Waals surface area contributed by atoms with E-state index in [1.165, 1.54) is 69.3 Å². The number of phenols is 3. The molecule has 4 rings (SSSR count). The van der Waals surface area contributed by atoms with Crippen LogP contribution >= 0.6 is 11.3 Å². The van der Waals surface area contributed by atoms with E-state index < -0.39 is 5.75 Å². The topological polar surface area (TPSA) is 90.3 Å². The maximum atomic E-state index is 10.1. The van der Waals surface area contributed by atoms with Gasteiger partial charge < -0.3 is 15.3 Å². The van der Waals surface area contributed by atoms with Gasteiger partial charge in [0.2, 0.25) is 10.6 Å². The smallest absolute Gasteiger partial charge is 0.206 e. The molecule has 29 heavy (non-hydrogen) atoms. The van der Waals surface area contributed by atoms with Gasteiger partial charge in [0.05, 0.1) is 18.0 Å². The highest BCUT2D eigenvalue weighted by atomic mass is 32.1. The molecule has 0 bridgehead atoms. The lowest BCUT2D eigenvalue weighted by Gasteiger charge is -2.21. The lowest BCUT2D eigenvalue weighted by Crippen LogP contribution is -2.21. The second-order valence-corrected chi connectivity index (χ2v) is 8.96. The number of benzene rings is 1. The second kappa shape index (κ2) is 9.03. The SMILES string of the molecule is Oc1ccc(/C=N/n2c(C3CCCCC3)cs/c2=N\C2CCCCC2)c(O)c1O. The lowest BCUT2D eigenvalue weighted by molar-refractivity contribution is 0.367. The van der Waals surface area contributed by atoms with E-state index in [4.69, 9.17) is 4.99 Å². The standard InChI is InChI=1S/C22H29N3O3S/c26-19-12-11-16(20(27)21(19)28)13-23-25-18(15-7-3-1-4-8-15)14-29-22(25)24-17-9-5-2-6-10-17/h11-15,17,26-28H,1-10H2/b23-13+,24-22-. The molecule has 0 spiro atoms. The monoisotopic (exact) mass is 415 g/mol. The van der Waals surface area contributed by atoms with Gasteiger partial charge in [-0.1, -0.05) is 38.5 Å². The molecule has 0 atom stereocenters. The van der Waals surface area contributed by atoms with Crippen LogP contribution in [0, 0.1) is 0 Å². The summed E-state index contributed by atoms with van der Waals surface area (Å²) in [6.45, 7) is 0. The lowest BCUT2D eigenvalue weighted by atomic mass is 9.87. The fourth-order valence-corrected chi connectivity index (χ4v) is 5.35. The molecule has 0 saturated heterocycles. The second-order valence-electron chi connectivity index (χ2n) is 8.13. The van der Waals surface area contributed by atoms with Crippen LogP contribution in [0.5, 0.6) is 17.2 Å². The highest BCUT2D eigenvalue weighted by Crippen LogP contribution is 2.36. The number of hydrogen-bond donors (Lipinski definition) is 3. The van der Waals surface area contributed by atoms with Crippen LogP contribution in [0.3, 0.4) is 0 Å². The molecule has 7 heteroatoms. The van der Waals surface area contributed by atoms with Gasteiger partial charge in [-0.15, -0.1) is 11.3 Å². The fraction of sp³-hybridized carbons (Fsp3) is 0.545. The van der Waals surface area contributed by atoms with Gasteiger partial charge in [0, 0.05) is 16.9 Å². The number of aromatic nitrogens is 1. The maximum Gasteiger partial charge on any atom is 0.206 e. The van der Waals surface area contributed by atoms with E-state index in [-0.39, 0.29) is 11.5 Å². The highest BCUT2D eigenvalue weighted by molar-refractivity contribution is 7.07. The minimum Gasteiger partial charge on any atom is -0.504 e. The number of nitrogens with zero attached hydrogens (tertiary/aromatic N) is 3. The quantitative estimate of drug-likeness (QED) is 0.493. The molecular weight excluding hydrogens is 386 g/mol. The third kappa shape index (κ3) is 4.50. The Morgan fingerprint density at radius 2 is 1.59 bits per heavy atom. The van der Waals surface area contributed by atoms with Crippen LogP contribution in [-0.2, 0) is 0 Å². The predicted octanol–water partition coefficient (Wildman–Crippen LogP) is 4.83. The largest absolute Gasteiger partial charge is 0.504 e. The molecule has 0 radical (unpaired) electrons. The molecule has 1 aromatic heterocycles. The van der Waals surface area contributed by atoms with E-state index in [2.05, 4.69) is 10.5 Å². The van der Waals surface area contributed by atoms with E-state index >= 15 is 0 Å². The van der Waals surface area contributed by atoms with Crippen molar-refractivity contribution in [3.05, 3.63) is 33.6 Å². The van der Waals surface area contributed by atoms with Crippen molar-refractivity contribution in [2.75, 3.05) is 0 Å². The third-order valence-corrected chi connectivity index (χ3v) is 6.92. The Bertz CT molecular complexity index is 935. The van der Waals surface area contributed by atoms with Crippen LogP contribution in [0.4, 0.5) is 0 Å². The molecule has 0 amide bonds.